The van der Waals surface area contributed by atoms with Crippen LogP contribution in [0.5, 0.6) is 0 Å². The van der Waals surface area contributed by atoms with E-state index in [0.29, 0.717) is 30.6 Å². The van der Waals surface area contributed by atoms with Gasteiger partial charge in [-0.05, 0) is 61.8 Å². The number of nitrogens with two attached hydrogens (primary N) is 1. The topological polar surface area (TPSA) is 32.5 Å². The molecule has 0 amide bonds. The first-order chi connectivity index (χ1) is 14.2. The van der Waals surface area contributed by atoms with Gasteiger partial charge in [0.05, 0.1) is 12.0 Å². The summed E-state index contributed by atoms with van der Waals surface area (Å²) in [4.78, 5) is 5.88. The molecule has 3 nitrogen and oxygen atoms in total. The first kappa shape index (κ1) is 25.1. The zero-order chi connectivity index (χ0) is 22.3. The Balaban J connectivity index is 2.11. The summed E-state index contributed by atoms with van der Waals surface area (Å²) in [5, 5.41) is 2.10. The summed E-state index contributed by atoms with van der Waals surface area (Å²) in [7, 11) is 0. The maximum Gasteiger partial charge on any atom is 0.248 e. The molecule has 0 aliphatic heterocycles. The molecule has 2 rings (SSSR count). The lowest BCUT2D eigenvalue weighted by Crippen LogP contribution is -2.49. The lowest BCUT2D eigenvalue weighted by atomic mass is 9.76. The fourth-order valence-electron chi connectivity index (χ4n) is 4.62. The van der Waals surface area contributed by atoms with E-state index in [1.54, 1.807) is 11.3 Å². The third-order valence-electron chi connectivity index (χ3n) is 6.52. The van der Waals surface area contributed by atoms with Crippen LogP contribution in [0.25, 0.3) is 0 Å². The first-order valence-electron chi connectivity index (χ1n) is 11.6. The summed E-state index contributed by atoms with van der Waals surface area (Å²) in [6.45, 7) is 15.6. The molecule has 0 spiro atoms. The van der Waals surface area contributed by atoms with E-state index < -0.39 is 5.92 Å². The Kier molecular flexibility index (Phi) is 9.61. The van der Waals surface area contributed by atoms with E-state index in [-0.39, 0.29) is 19.0 Å². The number of alkyl halides is 2. The van der Waals surface area contributed by atoms with Crippen LogP contribution in [0.2, 0.25) is 0 Å². The van der Waals surface area contributed by atoms with Gasteiger partial charge in [0.15, 0.2) is 0 Å². The molecule has 2 N–H and O–H groups in total. The van der Waals surface area contributed by atoms with Crippen molar-refractivity contribution in [3.05, 3.63) is 34.8 Å². The molecule has 30 heavy (non-hydrogen) atoms. The molecule has 1 aliphatic carbocycles. The maximum atomic E-state index is 13.7. The Labute approximate surface area is 186 Å². The Hall–Kier alpha value is -1.14. The van der Waals surface area contributed by atoms with Gasteiger partial charge in [-0.1, -0.05) is 33.4 Å². The molecular weight excluding hydrogens is 400 g/mol. The molecule has 0 saturated heterocycles. The molecule has 0 radical (unpaired) electrons. The standard InChI is InChI=1S/C24H41F2N3S/c1-6-15-28(19(5)29(7-2)23(27)18(3)4)16-12-21(22-9-8-17-30-22)20-10-13-24(25,26)14-11-20/h8-9,17-18,20-21,23H,5-7,10-16,27H2,1-4H3. The van der Waals surface area contributed by atoms with Crippen molar-refractivity contribution in [1.82, 2.24) is 9.80 Å². The molecule has 1 aromatic heterocycles. The third kappa shape index (κ3) is 6.68. The van der Waals surface area contributed by atoms with Gasteiger partial charge in [-0.25, -0.2) is 8.78 Å². The molecule has 1 heterocycles. The van der Waals surface area contributed by atoms with Gasteiger partial charge in [0.1, 0.15) is 0 Å². The number of rotatable bonds is 12. The lowest BCUT2D eigenvalue weighted by molar-refractivity contribution is -0.0489. The minimum atomic E-state index is -2.48. The second-order valence-corrected chi connectivity index (χ2v) is 10.0. The fraction of sp³-hybridized carbons (Fsp3) is 0.750. The molecule has 2 atom stereocenters. The number of hydrogen-bond acceptors (Lipinski definition) is 4. The van der Waals surface area contributed by atoms with Crippen LogP contribution >= 0.6 is 11.3 Å². The van der Waals surface area contributed by atoms with E-state index in [1.165, 1.54) is 4.88 Å². The van der Waals surface area contributed by atoms with Crippen molar-refractivity contribution in [3.8, 4) is 0 Å². The molecule has 0 bridgehead atoms. The highest BCUT2D eigenvalue weighted by molar-refractivity contribution is 7.10. The minimum Gasteiger partial charge on any atom is -0.359 e. The van der Waals surface area contributed by atoms with E-state index in [2.05, 4.69) is 61.6 Å². The molecule has 1 saturated carbocycles. The van der Waals surface area contributed by atoms with Gasteiger partial charge in [-0.2, -0.15) is 0 Å². The molecule has 2 unspecified atom stereocenters. The summed E-state index contributed by atoms with van der Waals surface area (Å²) < 4.78 is 27.5. The monoisotopic (exact) mass is 441 g/mol. The van der Waals surface area contributed by atoms with Crippen LogP contribution in [0.3, 0.4) is 0 Å². The average molecular weight is 442 g/mol. The van der Waals surface area contributed by atoms with Crippen molar-refractivity contribution in [2.45, 2.75) is 84.2 Å². The van der Waals surface area contributed by atoms with Gasteiger partial charge < -0.3 is 15.5 Å². The second kappa shape index (κ2) is 11.5. The quantitative estimate of drug-likeness (QED) is 0.376. The first-order valence-corrected chi connectivity index (χ1v) is 12.4. The SMILES string of the molecule is C=C(N(CCC)CCC(c1cccs1)C1CCC(F)(F)CC1)N(CC)C(N)C(C)C. The summed E-state index contributed by atoms with van der Waals surface area (Å²) in [6.07, 6.45) is 3.22. The van der Waals surface area contributed by atoms with E-state index in [1.807, 2.05) is 0 Å². The summed E-state index contributed by atoms with van der Waals surface area (Å²) in [6, 6.07) is 4.25. The molecular formula is C24H41F2N3S. The molecule has 1 aliphatic rings. The highest BCUT2D eigenvalue weighted by Gasteiger charge is 2.38. The Morgan fingerprint density at radius 1 is 1.27 bits per heavy atom. The van der Waals surface area contributed by atoms with Crippen molar-refractivity contribution in [2.75, 3.05) is 19.6 Å². The zero-order valence-corrected chi connectivity index (χ0v) is 20.1. The number of thiophene rings is 1. The van der Waals surface area contributed by atoms with Crippen LogP contribution in [-0.4, -0.2) is 41.5 Å². The summed E-state index contributed by atoms with van der Waals surface area (Å²) in [5.41, 5.74) is 6.45. The van der Waals surface area contributed by atoms with Gasteiger partial charge in [-0.15, -0.1) is 11.3 Å². The van der Waals surface area contributed by atoms with Crippen molar-refractivity contribution >= 4 is 11.3 Å². The lowest BCUT2D eigenvalue weighted by Gasteiger charge is -2.41. The maximum absolute atomic E-state index is 13.7. The molecule has 6 heteroatoms. The predicted molar refractivity (Wildman–Crippen MR) is 125 cm³/mol. The zero-order valence-electron chi connectivity index (χ0n) is 19.2. The molecule has 172 valence electrons. The number of halogens is 2. The van der Waals surface area contributed by atoms with Gasteiger partial charge in [0.25, 0.3) is 0 Å². The molecule has 1 fully saturated rings. The van der Waals surface area contributed by atoms with Crippen molar-refractivity contribution < 1.29 is 8.78 Å². The van der Waals surface area contributed by atoms with Crippen LogP contribution in [-0.2, 0) is 0 Å². The average Bonchev–Trinajstić information content (AvgIpc) is 3.23. The Morgan fingerprint density at radius 2 is 1.93 bits per heavy atom. The summed E-state index contributed by atoms with van der Waals surface area (Å²) >= 11 is 1.76. The second-order valence-electron chi connectivity index (χ2n) is 9.03. The van der Waals surface area contributed by atoms with E-state index in [4.69, 9.17) is 5.73 Å². The van der Waals surface area contributed by atoms with Crippen molar-refractivity contribution in [2.24, 2.45) is 17.6 Å². The van der Waals surface area contributed by atoms with Crippen LogP contribution in [0, 0.1) is 11.8 Å². The number of hydrogen-bond donors (Lipinski definition) is 1. The Bertz CT molecular complexity index is 622. The highest BCUT2D eigenvalue weighted by atomic mass is 32.1. The van der Waals surface area contributed by atoms with Crippen LogP contribution < -0.4 is 5.73 Å². The minimum absolute atomic E-state index is 0.0256. The summed E-state index contributed by atoms with van der Waals surface area (Å²) in [5.74, 6) is -0.482. The van der Waals surface area contributed by atoms with Gasteiger partial charge in [0.2, 0.25) is 5.92 Å². The van der Waals surface area contributed by atoms with Crippen LogP contribution in [0.1, 0.15) is 77.0 Å². The molecule has 0 aromatic carbocycles. The third-order valence-corrected chi connectivity index (χ3v) is 7.53. The van der Waals surface area contributed by atoms with E-state index in [9.17, 15) is 8.78 Å². The number of nitrogens with zero attached hydrogens (tertiary/aromatic N) is 2. The van der Waals surface area contributed by atoms with Crippen LogP contribution in [0.15, 0.2) is 29.9 Å². The van der Waals surface area contributed by atoms with Gasteiger partial charge in [0, 0.05) is 37.4 Å². The fourth-order valence-corrected chi connectivity index (χ4v) is 5.58. The van der Waals surface area contributed by atoms with Gasteiger partial charge >= 0.3 is 0 Å². The normalized spacial score (nSPS) is 18.9. The van der Waals surface area contributed by atoms with Crippen LogP contribution in [0.4, 0.5) is 8.78 Å². The Morgan fingerprint density at radius 3 is 2.43 bits per heavy atom. The smallest absolute Gasteiger partial charge is 0.248 e. The van der Waals surface area contributed by atoms with Crippen molar-refractivity contribution in [3.63, 3.8) is 0 Å². The van der Waals surface area contributed by atoms with E-state index >= 15 is 0 Å². The van der Waals surface area contributed by atoms with Gasteiger partial charge in [-0.3, -0.25) is 0 Å². The predicted octanol–water partition coefficient (Wildman–Crippen LogP) is 6.49. The highest BCUT2D eigenvalue weighted by Crippen LogP contribution is 2.44. The van der Waals surface area contributed by atoms with E-state index in [0.717, 1.165) is 38.3 Å². The van der Waals surface area contributed by atoms with Crippen molar-refractivity contribution in [1.29, 1.82) is 0 Å². The largest absolute Gasteiger partial charge is 0.359 e. The molecule has 1 aromatic rings.